The topological polar surface area (TPSA) is 71.3 Å². The van der Waals surface area contributed by atoms with E-state index >= 15 is 0 Å². The number of rotatable bonds is 7. The number of nitrogens with one attached hydrogen (secondary N) is 1. The van der Waals surface area contributed by atoms with Crippen LogP contribution in [0.3, 0.4) is 0 Å². The second-order valence-electron chi connectivity index (χ2n) is 6.72. The number of nitriles is 1. The fourth-order valence-corrected chi connectivity index (χ4v) is 3.05. The Bertz CT molecular complexity index is 1150. The third-order valence-corrected chi connectivity index (χ3v) is 5.03. The monoisotopic (exact) mass is 432 g/mol. The first-order chi connectivity index (χ1) is 15.0. The minimum atomic E-state index is -0.517. The van der Waals surface area contributed by atoms with E-state index in [9.17, 15) is 10.1 Å². The Kier molecular flexibility index (Phi) is 7.31. The van der Waals surface area contributed by atoms with E-state index in [4.69, 9.17) is 21.1 Å². The molecule has 0 saturated heterocycles. The zero-order valence-electron chi connectivity index (χ0n) is 17.2. The van der Waals surface area contributed by atoms with Crippen LogP contribution in [0.5, 0.6) is 11.5 Å². The van der Waals surface area contributed by atoms with Gasteiger partial charge in [0.25, 0.3) is 5.91 Å². The van der Waals surface area contributed by atoms with Gasteiger partial charge in [-0.25, -0.2) is 0 Å². The third kappa shape index (κ3) is 5.65. The largest absolute Gasteiger partial charge is 0.493 e. The van der Waals surface area contributed by atoms with E-state index in [0.29, 0.717) is 34.4 Å². The Morgan fingerprint density at radius 2 is 1.87 bits per heavy atom. The number of nitrogens with zero attached hydrogens (tertiary/aromatic N) is 1. The van der Waals surface area contributed by atoms with Gasteiger partial charge in [0.2, 0.25) is 0 Å². The highest BCUT2D eigenvalue weighted by Crippen LogP contribution is 2.30. The second-order valence-corrected chi connectivity index (χ2v) is 7.13. The molecular weight excluding hydrogens is 412 g/mol. The predicted molar refractivity (Wildman–Crippen MR) is 122 cm³/mol. The standard InChI is InChI=1S/C25H21ClN2O3/c1-17-21(26)9-6-10-22(17)28-25(29)20(15-27)13-19-11-12-23(24(14-19)30-2)31-16-18-7-4-3-5-8-18/h3-14H,16H2,1-2H3,(H,28,29)/b20-13+. The van der Waals surface area contributed by atoms with Gasteiger partial charge in [-0.1, -0.05) is 54.1 Å². The number of hydrogen-bond donors (Lipinski definition) is 1. The zero-order valence-corrected chi connectivity index (χ0v) is 17.9. The normalized spacial score (nSPS) is 10.8. The van der Waals surface area contributed by atoms with Crippen LogP contribution in [0.25, 0.3) is 6.08 Å². The van der Waals surface area contributed by atoms with Crippen LogP contribution in [0.1, 0.15) is 16.7 Å². The number of ether oxygens (including phenoxy) is 2. The summed E-state index contributed by atoms with van der Waals surface area (Å²) in [6, 6.07) is 22.2. The van der Waals surface area contributed by atoms with Gasteiger partial charge < -0.3 is 14.8 Å². The highest BCUT2D eigenvalue weighted by molar-refractivity contribution is 6.31. The maximum Gasteiger partial charge on any atom is 0.266 e. The number of methoxy groups -OCH3 is 1. The molecule has 6 heteroatoms. The highest BCUT2D eigenvalue weighted by Gasteiger charge is 2.13. The van der Waals surface area contributed by atoms with E-state index < -0.39 is 5.91 Å². The van der Waals surface area contributed by atoms with E-state index in [1.807, 2.05) is 36.4 Å². The van der Waals surface area contributed by atoms with E-state index in [1.165, 1.54) is 13.2 Å². The van der Waals surface area contributed by atoms with E-state index in [2.05, 4.69) is 5.32 Å². The molecule has 31 heavy (non-hydrogen) atoms. The van der Waals surface area contributed by atoms with Gasteiger partial charge in [0.1, 0.15) is 18.2 Å². The molecule has 0 spiro atoms. The summed E-state index contributed by atoms with van der Waals surface area (Å²) in [5.74, 6) is 0.560. The van der Waals surface area contributed by atoms with Gasteiger partial charge in [-0.3, -0.25) is 4.79 Å². The molecule has 0 unspecified atom stereocenters. The van der Waals surface area contributed by atoms with Gasteiger partial charge >= 0.3 is 0 Å². The van der Waals surface area contributed by atoms with Crippen LogP contribution < -0.4 is 14.8 Å². The molecule has 5 nitrogen and oxygen atoms in total. The molecule has 3 aromatic carbocycles. The number of halogens is 1. The third-order valence-electron chi connectivity index (χ3n) is 4.62. The zero-order chi connectivity index (χ0) is 22.2. The van der Waals surface area contributed by atoms with Gasteiger partial charge in [-0.15, -0.1) is 0 Å². The van der Waals surface area contributed by atoms with Crippen molar-refractivity contribution < 1.29 is 14.3 Å². The van der Waals surface area contributed by atoms with Crippen molar-refractivity contribution in [2.24, 2.45) is 0 Å². The highest BCUT2D eigenvalue weighted by atomic mass is 35.5. The van der Waals surface area contributed by atoms with Crippen molar-refractivity contribution in [3.8, 4) is 17.6 Å². The molecule has 0 fully saturated rings. The Morgan fingerprint density at radius 3 is 2.58 bits per heavy atom. The van der Waals surface area contributed by atoms with E-state index in [-0.39, 0.29) is 5.57 Å². The molecule has 0 heterocycles. The number of amides is 1. The first-order valence-electron chi connectivity index (χ1n) is 9.55. The molecular formula is C25H21ClN2O3. The first-order valence-corrected chi connectivity index (χ1v) is 9.92. The molecule has 3 rings (SSSR count). The number of carbonyl (C=O) groups excluding carboxylic acids is 1. The van der Waals surface area contributed by atoms with Crippen LogP contribution in [0.15, 0.2) is 72.3 Å². The van der Waals surface area contributed by atoms with Crippen molar-refractivity contribution >= 4 is 29.3 Å². The maximum absolute atomic E-state index is 12.6. The van der Waals surface area contributed by atoms with E-state index in [1.54, 1.807) is 43.3 Å². The summed E-state index contributed by atoms with van der Waals surface area (Å²) in [5, 5.41) is 12.8. The van der Waals surface area contributed by atoms with Crippen LogP contribution in [0.4, 0.5) is 5.69 Å². The maximum atomic E-state index is 12.6. The van der Waals surface area contributed by atoms with Crippen molar-refractivity contribution in [2.75, 3.05) is 12.4 Å². The van der Waals surface area contributed by atoms with Gasteiger partial charge in [0, 0.05) is 10.7 Å². The minimum Gasteiger partial charge on any atom is -0.493 e. The quantitative estimate of drug-likeness (QED) is 0.379. The second kappa shape index (κ2) is 10.3. The summed E-state index contributed by atoms with van der Waals surface area (Å²) in [7, 11) is 1.54. The molecule has 0 radical (unpaired) electrons. The summed E-state index contributed by atoms with van der Waals surface area (Å²) >= 11 is 6.10. The molecule has 0 aliphatic rings. The van der Waals surface area contributed by atoms with Crippen LogP contribution in [0.2, 0.25) is 5.02 Å². The van der Waals surface area contributed by atoms with Gasteiger partial charge in [-0.2, -0.15) is 5.26 Å². The molecule has 0 saturated carbocycles. The molecule has 0 aliphatic carbocycles. The van der Waals surface area contributed by atoms with Crippen LogP contribution >= 0.6 is 11.6 Å². The van der Waals surface area contributed by atoms with Crippen LogP contribution in [-0.4, -0.2) is 13.0 Å². The van der Waals surface area contributed by atoms with Gasteiger partial charge in [-0.05, 0) is 54.0 Å². The summed E-state index contributed by atoms with van der Waals surface area (Å²) in [4.78, 5) is 12.6. The summed E-state index contributed by atoms with van der Waals surface area (Å²) in [6.45, 7) is 2.20. The lowest BCUT2D eigenvalue weighted by molar-refractivity contribution is -0.112. The number of hydrogen-bond acceptors (Lipinski definition) is 4. The molecule has 3 aromatic rings. The van der Waals surface area contributed by atoms with Gasteiger partial charge in [0.05, 0.1) is 7.11 Å². The molecule has 1 amide bonds. The Morgan fingerprint density at radius 1 is 1.10 bits per heavy atom. The Hall–Kier alpha value is -3.75. The van der Waals surface area contributed by atoms with Crippen LogP contribution in [-0.2, 0) is 11.4 Å². The number of benzene rings is 3. The SMILES string of the molecule is COc1cc(/C=C(\C#N)C(=O)Nc2cccc(Cl)c2C)ccc1OCc1ccccc1. The number of carbonyl (C=O) groups is 1. The summed E-state index contributed by atoms with van der Waals surface area (Å²) < 4.78 is 11.3. The lowest BCUT2D eigenvalue weighted by Crippen LogP contribution is -2.14. The van der Waals surface area contributed by atoms with E-state index in [0.717, 1.165) is 11.1 Å². The molecule has 0 aliphatic heterocycles. The average molecular weight is 433 g/mol. The molecule has 0 atom stereocenters. The fourth-order valence-electron chi connectivity index (χ4n) is 2.88. The molecule has 0 aromatic heterocycles. The molecule has 1 N–H and O–H groups in total. The fraction of sp³-hybridized carbons (Fsp3) is 0.120. The molecule has 0 bridgehead atoms. The first kappa shape index (κ1) is 21.9. The Labute approximate surface area is 186 Å². The average Bonchev–Trinajstić information content (AvgIpc) is 2.80. The van der Waals surface area contributed by atoms with Crippen molar-refractivity contribution in [2.45, 2.75) is 13.5 Å². The smallest absolute Gasteiger partial charge is 0.266 e. The van der Waals surface area contributed by atoms with Crippen molar-refractivity contribution in [1.82, 2.24) is 0 Å². The van der Waals surface area contributed by atoms with Crippen molar-refractivity contribution in [3.63, 3.8) is 0 Å². The van der Waals surface area contributed by atoms with Crippen molar-refractivity contribution in [1.29, 1.82) is 5.26 Å². The predicted octanol–water partition coefficient (Wildman–Crippen LogP) is 5.78. The number of anilines is 1. The van der Waals surface area contributed by atoms with Crippen LogP contribution in [0, 0.1) is 18.3 Å². The summed E-state index contributed by atoms with van der Waals surface area (Å²) in [5.41, 5.74) is 2.92. The lowest BCUT2D eigenvalue weighted by Gasteiger charge is -2.12. The molecule has 156 valence electrons. The summed E-state index contributed by atoms with van der Waals surface area (Å²) in [6.07, 6.45) is 1.50. The van der Waals surface area contributed by atoms with Gasteiger partial charge in [0.15, 0.2) is 11.5 Å². The minimum absolute atomic E-state index is 0.0422. The van der Waals surface area contributed by atoms with Crippen molar-refractivity contribution in [3.05, 3.63) is 94.0 Å². The lowest BCUT2D eigenvalue weighted by atomic mass is 10.1. The Balaban J connectivity index is 1.77.